The first-order valence-corrected chi connectivity index (χ1v) is 41.0. The number of aromatic nitrogens is 6. The van der Waals surface area contributed by atoms with Gasteiger partial charge < -0.3 is 39.3 Å². The number of carbonyl (C=O) groups excluding carboxylic acids is 2. The second-order valence-electron chi connectivity index (χ2n) is 25.8. The first-order valence-electron chi connectivity index (χ1n) is 35.0. The van der Waals surface area contributed by atoms with Gasteiger partial charge in [0.25, 0.3) is 0 Å². The molecule has 0 bridgehead atoms. The Kier molecular flexibility index (Phi) is 30.7. The van der Waals surface area contributed by atoms with Crippen molar-refractivity contribution in [3.8, 4) is 33.8 Å². The van der Waals surface area contributed by atoms with Gasteiger partial charge in [-0.05, 0) is 119 Å². The first kappa shape index (κ1) is 83.1. The molecule has 105 heavy (non-hydrogen) atoms. The molecule has 3 saturated heterocycles. The number of esters is 2. The van der Waals surface area contributed by atoms with Gasteiger partial charge in [-0.2, -0.15) is 0 Å². The van der Waals surface area contributed by atoms with E-state index in [0.717, 1.165) is 95.1 Å². The maximum absolute atomic E-state index is 12.0. The number of piperidine rings is 3. The van der Waals surface area contributed by atoms with Crippen LogP contribution in [0.2, 0.25) is 0 Å². The molecule has 564 valence electrons. The van der Waals surface area contributed by atoms with Crippen LogP contribution in [0.3, 0.4) is 0 Å². The zero-order valence-corrected chi connectivity index (χ0v) is 64.8. The van der Waals surface area contributed by atoms with E-state index >= 15 is 0 Å². The number of methoxy groups -OCH3 is 2. The van der Waals surface area contributed by atoms with E-state index in [2.05, 4.69) is 59.4 Å². The van der Waals surface area contributed by atoms with Gasteiger partial charge in [0.05, 0.1) is 76.5 Å². The third-order valence-electron chi connectivity index (χ3n) is 18.6. The molecule has 0 saturated carbocycles. The Morgan fingerprint density at radius 2 is 0.705 bits per heavy atom. The summed E-state index contributed by atoms with van der Waals surface area (Å²) in [5.74, 6) is 1.30. The molecular weight excluding hydrogens is 1400 g/mol. The highest BCUT2D eigenvalue weighted by Crippen LogP contribution is 2.37. The number of sulfonamides is 2. The first-order chi connectivity index (χ1) is 50.0. The number of anilines is 3. The fraction of sp³-hybridized carbons (Fsp3) is 0.416. The van der Waals surface area contributed by atoms with E-state index < -0.39 is 41.8 Å². The van der Waals surface area contributed by atoms with E-state index in [9.17, 15) is 44.7 Å². The summed E-state index contributed by atoms with van der Waals surface area (Å²) < 4.78 is 79.5. The number of carboxylic acid groups (broad SMARTS) is 1. The van der Waals surface area contributed by atoms with E-state index in [-0.39, 0.29) is 23.6 Å². The number of benzene rings is 6. The lowest BCUT2D eigenvalue weighted by Crippen LogP contribution is -2.45. The van der Waals surface area contributed by atoms with Crippen LogP contribution in [0.25, 0.3) is 66.9 Å². The molecule has 28 heteroatoms. The van der Waals surface area contributed by atoms with E-state index in [4.69, 9.17) is 44.5 Å². The van der Waals surface area contributed by atoms with Crippen LogP contribution in [0.15, 0.2) is 146 Å². The van der Waals surface area contributed by atoms with Crippen LogP contribution >= 0.6 is 0 Å². The molecule has 0 spiro atoms. The minimum absolute atomic E-state index is 0.0410. The molecule has 0 atom stereocenters. The number of ether oxygens (including phenoxy) is 2. The maximum Gasteiger partial charge on any atom is 0.337 e. The van der Waals surface area contributed by atoms with E-state index in [0.29, 0.717) is 90.9 Å². The molecular formula is C77H100N12O13S3. The number of hydrogen-bond acceptors (Lipinski definition) is 22. The Hall–Kier alpha value is -9.16. The number of aliphatic hydroxyl groups is 1. The Labute approximate surface area is 618 Å². The number of nitrogens with zero attached hydrogens (tertiary/aromatic N) is 12. The van der Waals surface area contributed by atoms with Crippen molar-refractivity contribution in [3.05, 3.63) is 162 Å². The van der Waals surface area contributed by atoms with Crippen LogP contribution in [0.1, 0.15) is 104 Å². The topological polar surface area (TPSA) is 309 Å². The summed E-state index contributed by atoms with van der Waals surface area (Å²) in [4.78, 5) is 73.5. The van der Waals surface area contributed by atoms with Gasteiger partial charge in [0.2, 0.25) is 20.0 Å². The lowest BCUT2D eigenvalue weighted by atomic mass is 9.94. The lowest BCUT2D eigenvalue weighted by molar-refractivity contribution is 0.0592. The minimum atomic E-state index is -3.25. The fourth-order valence-electron chi connectivity index (χ4n) is 12.4. The standard InChI is InChI=1S/C23H26N4O4S.C23H25N3O2.C22H24N4O4S.C6H15N.C2H6O2S.CH4O/c1-26(32(3,29)30)18-11-13-27(14-12-18)22-21(16-7-5-4-6-8-16)24-19-10-9-17(23(28)31-2)15-20(19)25-22;1-3-16-11-13-26(14-12-16)22-21(17-7-5-4-6-8-17)24-19-10-9-18(23(27)28-2)15-20(19)25-22;1-25(31(2,29)30)17-10-12-26(13-11-17)21-20(15-6-4-3-5-7-15)23-18-9-8-16(22(27)28)14-19(18)24-21;1-4-7(5-2)6-3;1-5(2,3)4;1-2/h4-10,15,18H,11-14H2,1-3H3;4-10,15-16H,3,11-14H2,1-2H3;3-9,14,17H,10-13H2,1-2H3,(H,27,28);4-6H2,1-3H3;1-2H3;2H,1H3. The summed E-state index contributed by atoms with van der Waals surface area (Å²) in [5.41, 5.74) is 10.3. The monoisotopic (exact) mass is 1500 g/mol. The summed E-state index contributed by atoms with van der Waals surface area (Å²) in [7, 11) is -2.16. The number of carbonyl (C=O) groups is 3. The van der Waals surface area contributed by atoms with Gasteiger partial charge in [0, 0.05) is 102 Å². The molecule has 3 aromatic heterocycles. The molecule has 3 aliphatic rings. The highest BCUT2D eigenvalue weighted by molar-refractivity contribution is 7.90. The van der Waals surface area contributed by atoms with Gasteiger partial charge in [-0.15, -0.1) is 0 Å². The van der Waals surface area contributed by atoms with Crippen molar-refractivity contribution in [3.63, 3.8) is 0 Å². The van der Waals surface area contributed by atoms with Crippen LogP contribution in [0.4, 0.5) is 17.5 Å². The summed E-state index contributed by atoms with van der Waals surface area (Å²) in [6, 6.07) is 44.9. The van der Waals surface area contributed by atoms with Crippen LogP contribution in [0.5, 0.6) is 0 Å². The fourth-order valence-corrected chi connectivity index (χ4v) is 13.9. The number of aliphatic hydroxyl groups excluding tert-OH is 1. The molecule has 6 heterocycles. The van der Waals surface area contributed by atoms with Gasteiger partial charge in [-0.3, -0.25) is 0 Å². The summed E-state index contributed by atoms with van der Waals surface area (Å²) in [6.45, 7) is 16.9. The van der Waals surface area contributed by atoms with Crippen LogP contribution < -0.4 is 14.7 Å². The zero-order chi connectivity index (χ0) is 76.8. The smallest absolute Gasteiger partial charge is 0.337 e. The molecule has 0 amide bonds. The SMILES string of the molecule is CCC1CCN(c2nc3cc(C(=O)OC)ccc3nc2-c2ccccc2)CC1.CCN(CC)CC.CN(C1CCN(c2nc3cc(C(=O)O)ccc3nc2-c2ccccc2)CC1)S(C)(=O)=O.CO.COC(=O)c1ccc2nc(-c3ccccc3)c(N3CCC(N(C)S(C)(=O)=O)CC3)nc2c1.CS(C)(=O)=O. The summed E-state index contributed by atoms with van der Waals surface area (Å²) >= 11 is 0. The summed E-state index contributed by atoms with van der Waals surface area (Å²) in [5, 5.41) is 16.3. The van der Waals surface area contributed by atoms with Crippen LogP contribution in [-0.2, 0) is 39.4 Å². The molecule has 12 rings (SSSR count). The Morgan fingerprint density at radius 3 is 0.952 bits per heavy atom. The van der Waals surface area contributed by atoms with Gasteiger partial charge in [0.15, 0.2) is 17.5 Å². The largest absolute Gasteiger partial charge is 0.478 e. The number of carboxylic acids is 1. The van der Waals surface area contributed by atoms with Crippen LogP contribution in [-0.4, -0.2) is 228 Å². The average molecular weight is 1500 g/mol. The van der Waals surface area contributed by atoms with E-state index in [1.807, 2.05) is 84.9 Å². The number of rotatable bonds is 17. The van der Waals surface area contributed by atoms with Crippen molar-refractivity contribution in [2.45, 2.75) is 84.7 Å². The second kappa shape index (κ2) is 38.7. The van der Waals surface area contributed by atoms with Crippen molar-refractivity contribution in [2.24, 2.45) is 5.92 Å². The summed E-state index contributed by atoms with van der Waals surface area (Å²) in [6.07, 6.45) is 11.1. The minimum Gasteiger partial charge on any atom is -0.478 e. The van der Waals surface area contributed by atoms with Gasteiger partial charge in [-0.1, -0.05) is 125 Å². The van der Waals surface area contributed by atoms with Crippen molar-refractivity contribution in [2.75, 3.05) is 134 Å². The Bertz CT molecular complexity index is 4700. The molecule has 6 aromatic carbocycles. The van der Waals surface area contributed by atoms with E-state index in [1.54, 1.807) is 50.5 Å². The van der Waals surface area contributed by atoms with Gasteiger partial charge in [0.1, 0.15) is 26.9 Å². The number of sulfone groups is 1. The van der Waals surface area contributed by atoms with Crippen molar-refractivity contribution >= 4 is 98.3 Å². The zero-order valence-electron chi connectivity index (χ0n) is 62.4. The second-order valence-corrected chi connectivity index (χ2v) is 32.2. The lowest BCUT2D eigenvalue weighted by Gasteiger charge is -2.36. The molecule has 0 radical (unpaired) electrons. The molecule has 9 aromatic rings. The molecule has 25 nitrogen and oxygen atoms in total. The van der Waals surface area contributed by atoms with Crippen LogP contribution in [0, 0.1) is 5.92 Å². The molecule has 0 aliphatic carbocycles. The van der Waals surface area contributed by atoms with E-state index in [1.165, 1.54) is 86.4 Å². The molecule has 0 unspecified atom stereocenters. The third kappa shape index (κ3) is 23.2. The predicted molar refractivity (Wildman–Crippen MR) is 418 cm³/mol. The highest BCUT2D eigenvalue weighted by Gasteiger charge is 2.32. The number of fused-ring (bicyclic) bond motifs is 3. The average Bonchev–Trinajstić information content (AvgIpc) is 0.787. The number of hydrogen-bond donors (Lipinski definition) is 2. The highest BCUT2D eigenvalue weighted by atomic mass is 32.2. The van der Waals surface area contributed by atoms with Crippen molar-refractivity contribution in [1.82, 2.24) is 43.4 Å². The molecule has 3 fully saturated rings. The Balaban J connectivity index is 0.000000202. The van der Waals surface area contributed by atoms with Gasteiger partial charge in [-0.25, -0.2) is 78.2 Å². The third-order valence-corrected chi connectivity index (χ3v) is 21.3. The number of aromatic carboxylic acids is 1. The molecule has 3 aliphatic heterocycles. The predicted octanol–water partition coefficient (Wildman–Crippen LogP) is 11.1. The normalized spacial score (nSPS) is 14.5. The quantitative estimate of drug-likeness (QED) is 0.0800. The van der Waals surface area contributed by atoms with Crippen molar-refractivity contribution < 1.29 is 59.3 Å². The molecule has 2 N–H and O–H groups in total. The van der Waals surface area contributed by atoms with Crippen molar-refractivity contribution in [1.29, 1.82) is 0 Å². The Morgan fingerprint density at radius 1 is 0.429 bits per heavy atom. The maximum atomic E-state index is 12.0. The van der Waals surface area contributed by atoms with Gasteiger partial charge >= 0.3 is 17.9 Å².